The molecule has 0 aromatic heterocycles. The number of benzene rings is 1. The van der Waals surface area contributed by atoms with Gasteiger partial charge in [-0.25, -0.2) is 0 Å². The van der Waals surface area contributed by atoms with Crippen LogP contribution < -0.4 is 5.73 Å². The van der Waals surface area contributed by atoms with Crippen molar-refractivity contribution in [3.63, 3.8) is 0 Å². The summed E-state index contributed by atoms with van der Waals surface area (Å²) in [7, 11) is 0. The molecule has 0 atom stereocenters. The molecule has 2 rings (SSSR count). The summed E-state index contributed by atoms with van der Waals surface area (Å²) in [5, 5.41) is 0. The zero-order valence-corrected chi connectivity index (χ0v) is 11.4. The Morgan fingerprint density at radius 1 is 1.39 bits per heavy atom. The van der Waals surface area contributed by atoms with E-state index in [1.807, 2.05) is 36.1 Å². The number of hydrogen-bond donors (Lipinski definition) is 1. The van der Waals surface area contributed by atoms with Gasteiger partial charge >= 0.3 is 0 Å². The van der Waals surface area contributed by atoms with Gasteiger partial charge in [0.15, 0.2) is 0 Å². The first-order valence-electron chi connectivity index (χ1n) is 6.24. The van der Waals surface area contributed by atoms with E-state index in [-0.39, 0.29) is 5.91 Å². The van der Waals surface area contributed by atoms with Gasteiger partial charge in [-0.05, 0) is 31.9 Å². The SMILES string of the molecule is Cc1ccc(C(=O)N(CCC(N)=S)C2CC2)cc1. The van der Waals surface area contributed by atoms with Crippen molar-refractivity contribution in [2.45, 2.75) is 32.2 Å². The van der Waals surface area contributed by atoms with Crippen molar-refractivity contribution in [2.24, 2.45) is 5.73 Å². The van der Waals surface area contributed by atoms with Crippen LogP contribution in [0.5, 0.6) is 0 Å². The van der Waals surface area contributed by atoms with E-state index < -0.39 is 0 Å². The lowest BCUT2D eigenvalue weighted by atomic mass is 10.1. The Morgan fingerprint density at radius 2 is 2.00 bits per heavy atom. The maximum atomic E-state index is 12.4. The van der Waals surface area contributed by atoms with Gasteiger partial charge in [0.2, 0.25) is 0 Å². The molecule has 1 amide bonds. The lowest BCUT2D eigenvalue weighted by molar-refractivity contribution is 0.0748. The third-order valence-electron chi connectivity index (χ3n) is 3.15. The van der Waals surface area contributed by atoms with Crippen LogP contribution in [-0.2, 0) is 0 Å². The van der Waals surface area contributed by atoms with Crippen LogP contribution >= 0.6 is 12.2 Å². The summed E-state index contributed by atoms with van der Waals surface area (Å²) in [6.07, 6.45) is 2.79. The van der Waals surface area contributed by atoms with Crippen molar-refractivity contribution in [3.8, 4) is 0 Å². The van der Waals surface area contributed by atoms with Crippen LogP contribution in [0, 0.1) is 6.92 Å². The highest BCUT2D eigenvalue weighted by atomic mass is 32.1. The summed E-state index contributed by atoms with van der Waals surface area (Å²) in [6, 6.07) is 8.08. The molecule has 1 fully saturated rings. The number of carbonyl (C=O) groups is 1. The van der Waals surface area contributed by atoms with E-state index in [4.69, 9.17) is 18.0 Å². The Kier molecular flexibility index (Phi) is 3.97. The average molecular weight is 262 g/mol. The highest BCUT2D eigenvalue weighted by Crippen LogP contribution is 2.28. The summed E-state index contributed by atoms with van der Waals surface area (Å²) in [5.41, 5.74) is 7.42. The topological polar surface area (TPSA) is 46.3 Å². The first kappa shape index (κ1) is 13.0. The number of hydrogen-bond acceptors (Lipinski definition) is 2. The first-order chi connectivity index (χ1) is 8.58. The van der Waals surface area contributed by atoms with E-state index in [1.54, 1.807) is 0 Å². The van der Waals surface area contributed by atoms with E-state index in [0.717, 1.165) is 24.0 Å². The zero-order valence-electron chi connectivity index (χ0n) is 10.6. The molecule has 0 saturated heterocycles. The molecule has 0 unspecified atom stereocenters. The second-order valence-corrected chi connectivity index (χ2v) is 5.34. The number of nitrogens with two attached hydrogens (primary N) is 1. The average Bonchev–Trinajstić information content (AvgIpc) is 3.14. The fourth-order valence-corrected chi connectivity index (χ4v) is 2.02. The Bertz CT molecular complexity index is 451. The van der Waals surface area contributed by atoms with Gasteiger partial charge < -0.3 is 10.6 Å². The van der Waals surface area contributed by atoms with Gasteiger partial charge in [-0.3, -0.25) is 4.79 Å². The third kappa shape index (κ3) is 3.29. The van der Waals surface area contributed by atoms with Gasteiger partial charge in [0, 0.05) is 24.6 Å². The van der Waals surface area contributed by atoms with Crippen molar-refractivity contribution < 1.29 is 4.79 Å². The van der Waals surface area contributed by atoms with E-state index >= 15 is 0 Å². The fourth-order valence-electron chi connectivity index (χ4n) is 1.93. The van der Waals surface area contributed by atoms with E-state index in [2.05, 4.69) is 0 Å². The molecule has 0 heterocycles. The van der Waals surface area contributed by atoms with Crippen molar-refractivity contribution in [3.05, 3.63) is 35.4 Å². The van der Waals surface area contributed by atoms with Crippen molar-refractivity contribution in [2.75, 3.05) is 6.54 Å². The molecule has 0 bridgehead atoms. The van der Waals surface area contributed by atoms with Crippen molar-refractivity contribution >= 4 is 23.1 Å². The van der Waals surface area contributed by atoms with Crippen LogP contribution in [-0.4, -0.2) is 28.4 Å². The maximum absolute atomic E-state index is 12.4. The van der Waals surface area contributed by atoms with Gasteiger partial charge in [-0.1, -0.05) is 29.9 Å². The quantitative estimate of drug-likeness (QED) is 0.828. The molecule has 2 N–H and O–H groups in total. The second-order valence-electron chi connectivity index (χ2n) is 4.81. The maximum Gasteiger partial charge on any atom is 0.254 e. The Balaban J connectivity index is 2.07. The Labute approximate surface area is 113 Å². The molecule has 1 saturated carbocycles. The summed E-state index contributed by atoms with van der Waals surface area (Å²) >= 11 is 4.88. The molecule has 4 heteroatoms. The number of rotatable bonds is 5. The normalized spacial score (nSPS) is 14.3. The van der Waals surface area contributed by atoms with Crippen LogP contribution in [0.15, 0.2) is 24.3 Å². The zero-order chi connectivity index (χ0) is 13.1. The highest BCUT2D eigenvalue weighted by Gasteiger charge is 2.32. The minimum atomic E-state index is 0.0914. The number of aryl methyl sites for hydroxylation is 1. The van der Waals surface area contributed by atoms with Crippen molar-refractivity contribution in [1.82, 2.24) is 4.90 Å². The standard InChI is InChI=1S/C14H18N2OS/c1-10-2-4-11(5-3-10)14(17)16(12-6-7-12)9-8-13(15)18/h2-5,12H,6-9H2,1H3,(H2,15,18). The van der Waals surface area contributed by atoms with Crippen LogP contribution in [0.4, 0.5) is 0 Å². The second kappa shape index (κ2) is 5.48. The molecule has 96 valence electrons. The third-order valence-corrected chi connectivity index (χ3v) is 3.35. The van der Waals surface area contributed by atoms with Crippen LogP contribution in [0.3, 0.4) is 0 Å². The molecule has 0 aliphatic heterocycles. The minimum Gasteiger partial charge on any atom is -0.393 e. The lowest BCUT2D eigenvalue weighted by Crippen LogP contribution is -2.35. The van der Waals surface area contributed by atoms with Gasteiger partial charge in [0.1, 0.15) is 0 Å². The Hall–Kier alpha value is -1.42. The van der Waals surface area contributed by atoms with Gasteiger partial charge in [-0.15, -0.1) is 0 Å². The highest BCUT2D eigenvalue weighted by molar-refractivity contribution is 7.80. The summed E-state index contributed by atoms with van der Waals surface area (Å²) in [6.45, 7) is 2.65. The monoisotopic (exact) mass is 262 g/mol. The minimum absolute atomic E-state index is 0.0914. The molecule has 0 radical (unpaired) electrons. The van der Waals surface area contributed by atoms with E-state index in [9.17, 15) is 4.79 Å². The number of nitrogens with zero attached hydrogens (tertiary/aromatic N) is 1. The Morgan fingerprint density at radius 3 is 2.50 bits per heavy atom. The predicted molar refractivity (Wildman–Crippen MR) is 76.6 cm³/mol. The number of amides is 1. The molecule has 1 aliphatic carbocycles. The molecule has 1 aliphatic rings. The number of thiocarbonyl (C=S) groups is 1. The van der Waals surface area contributed by atoms with Crippen molar-refractivity contribution in [1.29, 1.82) is 0 Å². The molecule has 0 spiro atoms. The van der Waals surface area contributed by atoms with Gasteiger partial charge in [0.25, 0.3) is 5.91 Å². The van der Waals surface area contributed by atoms with E-state index in [1.165, 1.54) is 0 Å². The molecule has 1 aromatic carbocycles. The fraction of sp³-hybridized carbons (Fsp3) is 0.429. The smallest absolute Gasteiger partial charge is 0.254 e. The molecule has 3 nitrogen and oxygen atoms in total. The summed E-state index contributed by atoms with van der Waals surface area (Å²) in [5.74, 6) is 0.0914. The van der Waals surface area contributed by atoms with Crippen LogP contribution in [0.25, 0.3) is 0 Å². The van der Waals surface area contributed by atoms with Gasteiger partial charge in [0.05, 0.1) is 4.99 Å². The van der Waals surface area contributed by atoms with E-state index in [0.29, 0.717) is 24.0 Å². The molecule has 1 aromatic rings. The summed E-state index contributed by atoms with van der Waals surface area (Å²) in [4.78, 5) is 14.8. The molecular weight excluding hydrogens is 244 g/mol. The molecular formula is C14H18N2OS. The molecule has 18 heavy (non-hydrogen) atoms. The first-order valence-corrected chi connectivity index (χ1v) is 6.64. The predicted octanol–water partition coefficient (Wildman–Crippen LogP) is 2.28. The van der Waals surface area contributed by atoms with Crippen LogP contribution in [0.1, 0.15) is 35.2 Å². The lowest BCUT2D eigenvalue weighted by Gasteiger charge is -2.22. The number of carbonyl (C=O) groups excluding carboxylic acids is 1. The summed E-state index contributed by atoms with van der Waals surface area (Å²) < 4.78 is 0. The van der Waals surface area contributed by atoms with Gasteiger partial charge in [-0.2, -0.15) is 0 Å². The van der Waals surface area contributed by atoms with Crippen LogP contribution in [0.2, 0.25) is 0 Å². The largest absolute Gasteiger partial charge is 0.393 e.